The minimum Gasteiger partial charge on any atom is -0.457 e. The van der Waals surface area contributed by atoms with Gasteiger partial charge in [0.15, 0.2) is 0 Å². The van der Waals surface area contributed by atoms with Gasteiger partial charge in [0.25, 0.3) is 0 Å². The van der Waals surface area contributed by atoms with Crippen LogP contribution in [-0.2, 0) is 4.74 Å². The summed E-state index contributed by atoms with van der Waals surface area (Å²) in [6.07, 6.45) is 0. The van der Waals surface area contributed by atoms with Crippen LogP contribution < -0.4 is 9.47 Å². The fourth-order valence-electron chi connectivity index (χ4n) is 4.87. The van der Waals surface area contributed by atoms with Crippen molar-refractivity contribution in [3.63, 3.8) is 0 Å². The molecule has 47 heavy (non-hydrogen) atoms. The van der Waals surface area contributed by atoms with Gasteiger partial charge in [-0.3, -0.25) is 0 Å². The van der Waals surface area contributed by atoms with Gasteiger partial charge < -0.3 is 14.2 Å². The first-order valence-electron chi connectivity index (χ1n) is 14.5. The lowest BCUT2D eigenvalue weighted by molar-refractivity contribution is 0.0443. The summed E-state index contributed by atoms with van der Waals surface area (Å²) in [5.74, 6) is 1.08. The first-order valence-corrected chi connectivity index (χ1v) is 14.5. The molecule has 7 nitrogen and oxygen atoms in total. The Hall–Kier alpha value is -6.96. The van der Waals surface area contributed by atoms with E-state index in [9.17, 15) is 9.59 Å². The molecule has 6 aromatic rings. The Bertz CT molecular complexity index is 2150. The molecule has 7 rings (SSSR count). The van der Waals surface area contributed by atoms with Gasteiger partial charge in [-0.1, -0.05) is 84.9 Å². The predicted molar refractivity (Wildman–Crippen MR) is 176 cm³/mol. The second-order valence-electron chi connectivity index (χ2n) is 10.3. The Morgan fingerprint density at radius 3 is 1.36 bits per heavy atom. The molecule has 0 atom stereocenters. The first kappa shape index (κ1) is 30.1. The molecule has 0 aliphatic carbocycles. The third-order valence-electron chi connectivity index (χ3n) is 7.24. The molecule has 1 heterocycles. The van der Waals surface area contributed by atoms with Gasteiger partial charge in [0.2, 0.25) is 0 Å². The Morgan fingerprint density at radius 2 is 0.851 bits per heavy atom. The molecule has 0 bridgehead atoms. The maximum absolute atomic E-state index is 11.6. The molecule has 0 saturated carbocycles. The molecule has 1 aliphatic heterocycles. The van der Waals surface area contributed by atoms with E-state index in [1.807, 2.05) is 109 Å². The fourth-order valence-corrected chi connectivity index (χ4v) is 4.87. The van der Waals surface area contributed by atoms with Gasteiger partial charge in [0.1, 0.15) is 35.1 Å². The molecule has 0 aromatic heterocycles. The van der Waals surface area contributed by atoms with Crippen LogP contribution in [0.4, 0.5) is 0 Å². The molecule has 224 valence electrons. The third-order valence-corrected chi connectivity index (χ3v) is 7.24. The second-order valence-corrected chi connectivity index (χ2v) is 10.3. The summed E-state index contributed by atoms with van der Waals surface area (Å²) in [7, 11) is 0. The van der Waals surface area contributed by atoms with Gasteiger partial charge in [-0.25, -0.2) is 9.59 Å². The smallest absolute Gasteiger partial charge is 0.347 e. The number of fused-ring (bicyclic) bond motifs is 1. The highest BCUT2D eigenvalue weighted by molar-refractivity contribution is 6.14. The molecule has 0 N–H and O–H groups in total. The zero-order chi connectivity index (χ0) is 32.6. The normalized spacial score (nSPS) is 11.2. The quantitative estimate of drug-likeness (QED) is 0.136. The van der Waals surface area contributed by atoms with Crippen molar-refractivity contribution in [3.8, 4) is 57.4 Å². The van der Waals surface area contributed by atoms with Crippen LogP contribution in [0.15, 0.2) is 146 Å². The van der Waals surface area contributed by atoms with Gasteiger partial charge in [0.05, 0.1) is 22.3 Å². The van der Waals surface area contributed by atoms with Crippen LogP contribution >= 0.6 is 0 Å². The minimum absolute atomic E-state index is 0.235. The molecular weight excluding hydrogens is 588 g/mol. The number of nitrogens with zero attached hydrogens (tertiary/aromatic N) is 2. The number of carbonyl (C=O) groups excluding carboxylic acids is 2. The number of nitriles is 2. The molecule has 0 unspecified atom stereocenters. The van der Waals surface area contributed by atoms with Crippen molar-refractivity contribution in [1.29, 1.82) is 10.5 Å². The van der Waals surface area contributed by atoms with Crippen molar-refractivity contribution >= 4 is 11.9 Å². The summed E-state index contributed by atoms with van der Waals surface area (Å²) >= 11 is 0. The van der Waals surface area contributed by atoms with Crippen LogP contribution in [0.1, 0.15) is 31.8 Å². The van der Waals surface area contributed by atoms with Crippen molar-refractivity contribution in [3.05, 3.63) is 168 Å². The van der Waals surface area contributed by atoms with Crippen LogP contribution in [-0.4, -0.2) is 11.9 Å². The Balaban J connectivity index is 0.000000165. The maximum atomic E-state index is 11.6. The number of esters is 2. The van der Waals surface area contributed by atoms with Crippen molar-refractivity contribution in [1.82, 2.24) is 0 Å². The topological polar surface area (TPSA) is 109 Å². The minimum atomic E-state index is -0.639. The molecule has 0 spiro atoms. The summed E-state index contributed by atoms with van der Waals surface area (Å²) in [5.41, 5.74) is 5.63. The lowest BCUT2D eigenvalue weighted by atomic mass is 10.1. The Kier molecular flexibility index (Phi) is 8.82. The number of benzene rings is 6. The lowest BCUT2D eigenvalue weighted by Gasteiger charge is -2.08. The monoisotopic (exact) mass is 612 g/mol. The van der Waals surface area contributed by atoms with E-state index in [1.165, 1.54) is 12.1 Å². The predicted octanol–water partition coefficient (Wildman–Crippen LogP) is 9.35. The summed E-state index contributed by atoms with van der Waals surface area (Å²) < 4.78 is 16.1. The summed E-state index contributed by atoms with van der Waals surface area (Å²) in [4.78, 5) is 23.0. The van der Waals surface area contributed by atoms with Crippen molar-refractivity contribution in [2.45, 2.75) is 0 Å². The molecule has 7 heteroatoms. The molecule has 0 amide bonds. The molecular formula is C40H24N2O5. The van der Waals surface area contributed by atoms with Gasteiger partial charge in [0, 0.05) is 0 Å². The Morgan fingerprint density at radius 1 is 0.426 bits per heavy atom. The van der Waals surface area contributed by atoms with E-state index in [-0.39, 0.29) is 11.1 Å². The van der Waals surface area contributed by atoms with Gasteiger partial charge in [-0.15, -0.1) is 0 Å². The van der Waals surface area contributed by atoms with Crippen molar-refractivity contribution < 1.29 is 23.8 Å². The van der Waals surface area contributed by atoms with Crippen LogP contribution in [0.5, 0.6) is 23.0 Å². The average molecular weight is 613 g/mol. The first-order chi connectivity index (χ1) is 23.0. The van der Waals surface area contributed by atoms with Crippen LogP contribution in [0, 0.1) is 22.7 Å². The van der Waals surface area contributed by atoms with Crippen LogP contribution in [0.25, 0.3) is 22.3 Å². The largest absolute Gasteiger partial charge is 0.457 e. The van der Waals surface area contributed by atoms with Crippen molar-refractivity contribution in [2.75, 3.05) is 0 Å². The Labute approximate surface area is 271 Å². The van der Waals surface area contributed by atoms with Gasteiger partial charge in [-0.05, 0) is 82.9 Å². The SMILES string of the molecule is N#Cc1ccc(Oc2ccc(-c3ccccc3)cc2)cc1C#N.O=C1OC(=O)c2cc(Oc3ccc(-c4ccccc4)cc3)ccc21. The fraction of sp³-hybridized carbons (Fsp3) is 0. The number of hydrogen-bond donors (Lipinski definition) is 0. The number of carbonyl (C=O) groups is 2. The number of rotatable bonds is 6. The van der Waals surface area contributed by atoms with E-state index in [1.54, 1.807) is 24.3 Å². The molecule has 0 fully saturated rings. The van der Waals surface area contributed by atoms with E-state index >= 15 is 0 Å². The number of ether oxygens (including phenoxy) is 3. The van der Waals surface area contributed by atoms with Gasteiger partial charge >= 0.3 is 11.9 Å². The van der Waals surface area contributed by atoms with Crippen molar-refractivity contribution in [2.24, 2.45) is 0 Å². The van der Waals surface area contributed by atoms with E-state index < -0.39 is 11.9 Å². The second kappa shape index (κ2) is 13.8. The van der Waals surface area contributed by atoms with Crippen LogP contribution in [0.2, 0.25) is 0 Å². The zero-order valence-corrected chi connectivity index (χ0v) is 24.8. The molecule has 6 aromatic carbocycles. The van der Waals surface area contributed by atoms with E-state index in [4.69, 9.17) is 20.0 Å². The molecule has 0 radical (unpaired) electrons. The van der Waals surface area contributed by atoms with E-state index in [0.717, 1.165) is 22.3 Å². The zero-order valence-electron chi connectivity index (χ0n) is 24.8. The highest BCUT2D eigenvalue weighted by Crippen LogP contribution is 2.30. The summed E-state index contributed by atoms with van der Waals surface area (Å²) in [6, 6.07) is 49.1. The maximum Gasteiger partial charge on any atom is 0.347 e. The lowest BCUT2D eigenvalue weighted by Crippen LogP contribution is -1.96. The number of hydrogen-bond acceptors (Lipinski definition) is 7. The summed E-state index contributed by atoms with van der Waals surface area (Å²) in [5, 5.41) is 18.0. The van der Waals surface area contributed by atoms with E-state index in [0.29, 0.717) is 34.1 Å². The van der Waals surface area contributed by atoms with E-state index in [2.05, 4.69) is 16.9 Å². The van der Waals surface area contributed by atoms with Crippen LogP contribution in [0.3, 0.4) is 0 Å². The highest BCUT2D eigenvalue weighted by Gasteiger charge is 2.29. The van der Waals surface area contributed by atoms with Gasteiger partial charge in [-0.2, -0.15) is 10.5 Å². The third kappa shape index (κ3) is 7.07. The highest BCUT2D eigenvalue weighted by atomic mass is 16.6. The molecule has 0 saturated heterocycles. The number of cyclic esters (lactones) is 2. The summed E-state index contributed by atoms with van der Waals surface area (Å²) in [6.45, 7) is 0. The average Bonchev–Trinajstić information content (AvgIpc) is 3.41. The molecule has 1 aliphatic rings. The standard InChI is InChI=1S/C20H12N2O.C20H12O4/c21-13-17-8-11-20(12-18(17)14-22)23-19-9-6-16(7-10-19)15-4-2-1-3-5-15;21-19-17-11-10-16(12-18(17)20(22)24-19)23-15-8-6-14(7-9-15)13-4-2-1-3-5-13/h1-12H;1-12H.